The SMILES string of the molecule is CC(Nc1cc(F)c(S(=O)(=O)Nc2cscn2)cc1Cl)c1cc(Cl)ccc1F. The molecule has 3 aromatic rings. The molecule has 1 aromatic heterocycles. The Morgan fingerprint density at radius 3 is 2.57 bits per heavy atom. The van der Waals surface area contributed by atoms with Crippen LogP contribution in [0.4, 0.5) is 20.3 Å². The Morgan fingerprint density at radius 1 is 1.14 bits per heavy atom. The van der Waals surface area contributed by atoms with Gasteiger partial charge in [-0.2, -0.15) is 0 Å². The van der Waals surface area contributed by atoms with E-state index in [1.54, 1.807) is 6.92 Å². The molecule has 0 aliphatic carbocycles. The number of hydrogen-bond donors (Lipinski definition) is 2. The molecule has 11 heteroatoms. The van der Waals surface area contributed by atoms with Crippen LogP contribution in [0.1, 0.15) is 18.5 Å². The van der Waals surface area contributed by atoms with Gasteiger partial charge in [-0.25, -0.2) is 22.2 Å². The van der Waals surface area contributed by atoms with Gasteiger partial charge in [0.05, 0.1) is 22.3 Å². The molecule has 2 N–H and O–H groups in total. The third-order valence-electron chi connectivity index (χ3n) is 3.78. The van der Waals surface area contributed by atoms with E-state index in [1.165, 1.54) is 40.4 Å². The Balaban J connectivity index is 1.88. The number of benzene rings is 2. The number of nitrogens with zero attached hydrogens (tertiary/aromatic N) is 1. The zero-order valence-electron chi connectivity index (χ0n) is 14.2. The lowest BCUT2D eigenvalue weighted by atomic mass is 10.1. The number of rotatable bonds is 6. The van der Waals surface area contributed by atoms with E-state index in [2.05, 4.69) is 15.0 Å². The summed E-state index contributed by atoms with van der Waals surface area (Å²) in [5, 5.41) is 4.63. The number of aromatic nitrogens is 1. The topological polar surface area (TPSA) is 71.1 Å². The zero-order valence-corrected chi connectivity index (χ0v) is 17.4. The van der Waals surface area contributed by atoms with E-state index >= 15 is 0 Å². The minimum atomic E-state index is -4.22. The van der Waals surface area contributed by atoms with Crippen molar-refractivity contribution in [1.29, 1.82) is 0 Å². The Kier molecular flexibility index (Phi) is 6.09. The second-order valence-electron chi connectivity index (χ2n) is 5.77. The standard InChI is InChI=1S/C17H13Cl2F2N3O2S2/c1-9(11-4-10(18)2-3-13(11)20)23-15-6-14(21)16(5-12(15)19)28(25,26)24-17-7-27-8-22-17/h2-9,23-24H,1H3. The first-order valence-electron chi connectivity index (χ1n) is 7.79. The predicted molar refractivity (Wildman–Crippen MR) is 108 cm³/mol. The molecule has 0 radical (unpaired) electrons. The van der Waals surface area contributed by atoms with Gasteiger partial charge in [-0.15, -0.1) is 11.3 Å². The molecule has 2 aromatic carbocycles. The summed E-state index contributed by atoms with van der Waals surface area (Å²) >= 11 is 13.2. The molecule has 148 valence electrons. The zero-order chi connectivity index (χ0) is 20.5. The quantitative estimate of drug-likeness (QED) is 0.491. The Hall–Kier alpha value is -1.94. The minimum Gasteiger partial charge on any atom is -0.377 e. The minimum absolute atomic E-state index is 0.0469. The van der Waals surface area contributed by atoms with Crippen molar-refractivity contribution >= 4 is 56.1 Å². The average Bonchev–Trinajstić information content (AvgIpc) is 3.11. The molecule has 28 heavy (non-hydrogen) atoms. The van der Waals surface area contributed by atoms with Gasteiger partial charge in [-0.1, -0.05) is 23.2 Å². The van der Waals surface area contributed by atoms with Gasteiger partial charge in [0.1, 0.15) is 16.5 Å². The van der Waals surface area contributed by atoms with Crippen LogP contribution < -0.4 is 10.0 Å². The molecule has 0 spiro atoms. The van der Waals surface area contributed by atoms with Crippen molar-refractivity contribution in [2.24, 2.45) is 0 Å². The summed E-state index contributed by atoms with van der Waals surface area (Å²) in [6.07, 6.45) is 0. The molecular weight excluding hydrogens is 451 g/mol. The van der Waals surface area contributed by atoms with Crippen molar-refractivity contribution in [3.63, 3.8) is 0 Å². The summed E-state index contributed by atoms with van der Waals surface area (Å²) in [4.78, 5) is 3.17. The van der Waals surface area contributed by atoms with Crippen LogP contribution in [-0.2, 0) is 10.0 Å². The van der Waals surface area contributed by atoms with Crippen LogP contribution in [0.25, 0.3) is 0 Å². The van der Waals surface area contributed by atoms with Gasteiger partial charge >= 0.3 is 0 Å². The molecule has 0 saturated heterocycles. The van der Waals surface area contributed by atoms with Crippen molar-refractivity contribution < 1.29 is 17.2 Å². The van der Waals surface area contributed by atoms with Crippen LogP contribution in [0.2, 0.25) is 10.0 Å². The molecule has 1 atom stereocenters. The van der Waals surface area contributed by atoms with E-state index in [0.29, 0.717) is 5.02 Å². The third kappa shape index (κ3) is 4.54. The second-order valence-corrected chi connectivity index (χ2v) is 8.99. The first-order chi connectivity index (χ1) is 13.2. The second kappa shape index (κ2) is 8.20. The number of thiazole rings is 1. The fourth-order valence-electron chi connectivity index (χ4n) is 2.46. The highest BCUT2D eigenvalue weighted by molar-refractivity contribution is 7.92. The summed E-state index contributed by atoms with van der Waals surface area (Å²) < 4.78 is 55.5. The third-order valence-corrected chi connectivity index (χ3v) is 6.28. The highest BCUT2D eigenvalue weighted by Gasteiger charge is 2.23. The first kappa shape index (κ1) is 20.8. The molecule has 0 amide bonds. The highest BCUT2D eigenvalue weighted by Crippen LogP contribution is 2.32. The summed E-state index contributed by atoms with van der Waals surface area (Å²) in [5.41, 5.74) is 1.80. The molecule has 3 rings (SSSR count). The lowest BCUT2D eigenvalue weighted by Crippen LogP contribution is -2.16. The van der Waals surface area contributed by atoms with Crippen molar-refractivity contribution in [2.45, 2.75) is 17.9 Å². The monoisotopic (exact) mass is 463 g/mol. The van der Waals surface area contributed by atoms with Gasteiger partial charge < -0.3 is 5.32 Å². The predicted octanol–water partition coefficient (Wildman–Crippen LogP) is 5.70. The maximum Gasteiger partial charge on any atom is 0.266 e. The molecule has 1 heterocycles. The largest absolute Gasteiger partial charge is 0.377 e. The summed E-state index contributed by atoms with van der Waals surface area (Å²) in [7, 11) is -4.22. The average molecular weight is 464 g/mol. The molecule has 5 nitrogen and oxygen atoms in total. The van der Waals surface area contributed by atoms with Crippen LogP contribution in [0.15, 0.2) is 46.1 Å². The molecule has 0 bridgehead atoms. The van der Waals surface area contributed by atoms with Crippen molar-refractivity contribution in [2.75, 3.05) is 10.0 Å². The number of halogens is 4. The molecule has 0 aliphatic rings. The van der Waals surface area contributed by atoms with Crippen molar-refractivity contribution in [1.82, 2.24) is 4.98 Å². The van der Waals surface area contributed by atoms with E-state index < -0.39 is 32.6 Å². The summed E-state index contributed by atoms with van der Waals surface area (Å²) in [6, 6.07) is 5.39. The fourth-order valence-corrected chi connectivity index (χ4v) is 4.57. The molecule has 1 unspecified atom stereocenters. The van der Waals surface area contributed by atoms with Gasteiger partial charge in [0.2, 0.25) is 0 Å². The van der Waals surface area contributed by atoms with Gasteiger partial charge in [-0.05, 0) is 37.3 Å². The molecule has 0 saturated carbocycles. The van der Waals surface area contributed by atoms with E-state index in [1.807, 2.05) is 0 Å². The Bertz CT molecular complexity index is 1110. The molecule has 0 aliphatic heterocycles. The van der Waals surface area contributed by atoms with E-state index in [0.717, 1.165) is 12.1 Å². The van der Waals surface area contributed by atoms with Crippen LogP contribution in [0, 0.1) is 11.6 Å². The fraction of sp³-hybridized carbons (Fsp3) is 0.118. The van der Waals surface area contributed by atoms with Crippen LogP contribution in [0.3, 0.4) is 0 Å². The lowest BCUT2D eigenvalue weighted by molar-refractivity contribution is 0.570. The summed E-state index contributed by atoms with van der Waals surface area (Å²) in [6.45, 7) is 1.64. The number of nitrogens with one attached hydrogen (secondary N) is 2. The number of hydrogen-bond acceptors (Lipinski definition) is 5. The number of anilines is 2. The maximum absolute atomic E-state index is 14.5. The number of sulfonamides is 1. The van der Waals surface area contributed by atoms with Crippen molar-refractivity contribution in [3.8, 4) is 0 Å². The first-order valence-corrected chi connectivity index (χ1v) is 11.0. The normalized spacial score (nSPS) is 12.6. The van der Waals surface area contributed by atoms with Gasteiger partial charge in [0, 0.05) is 16.0 Å². The van der Waals surface area contributed by atoms with E-state index in [-0.39, 0.29) is 22.1 Å². The van der Waals surface area contributed by atoms with Crippen molar-refractivity contribution in [3.05, 3.63) is 68.5 Å². The Labute approximate surface area is 174 Å². The van der Waals surface area contributed by atoms with Gasteiger partial charge in [0.15, 0.2) is 5.82 Å². The molecule has 0 fully saturated rings. The smallest absolute Gasteiger partial charge is 0.266 e. The van der Waals surface area contributed by atoms with Gasteiger partial charge in [0.25, 0.3) is 10.0 Å². The maximum atomic E-state index is 14.5. The lowest BCUT2D eigenvalue weighted by Gasteiger charge is -2.18. The van der Waals surface area contributed by atoms with Crippen LogP contribution in [0.5, 0.6) is 0 Å². The van der Waals surface area contributed by atoms with E-state index in [9.17, 15) is 17.2 Å². The Morgan fingerprint density at radius 2 is 1.89 bits per heavy atom. The summed E-state index contributed by atoms with van der Waals surface area (Å²) in [5.74, 6) is -1.44. The molecular formula is C17H13Cl2F2N3O2S2. The van der Waals surface area contributed by atoms with Crippen LogP contribution in [-0.4, -0.2) is 13.4 Å². The highest BCUT2D eigenvalue weighted by atomic mass is 35.5. The van der Waals surface area contributed by atoms with Crippen LogP contribution >= 0.6 is 34.5 Å². The van der Waals surface area contributed by atoms with E-state index in [4.69, 9.17) is 23.2 Å². The van der Waals surface area contributed by atoms with Gasteiger partial charge in [-0.3, -0.25) is 4.72 Å².